The molecule has 1 rings (SSSR count). The molecule has 0 unspecified atom stereocenters. The zero-order chi connectivity index (χ0) is 12.8. The fourth-order valence-corrected chi connectivity index (χ4v) is 1.27. The van der Waals surface area contributed by atoms with E-state index in [0.717, 1.165) is 0 Å². The molecule has 1 atom stereocenters. The first-order valence-corrected chi connectivity index (χ1v) is 5.44. The third-order valence-corrected chi connectivity index (χ3v) is 2.35. The summed E-state index contributed by atoms with van der Waals surface area (Å²) in [6.07, 6.45) is 1.29. The Morgan fingerprint density at radius 3 is 2.94 bits per heavy atom. The molecule has 6 nitrogen and oxygen atoms in total. The number of anilines is 1. The monoisotopic (exact) mass is 242 g/mol. The predicted octanol–water partition coefficient (Wildman–Crippen LogP) is 1.32. The van der Waals surface area contributed by atoms with Crippen LogP contribution in [0.25, 0.3) is 0 Å². The number of hydrogen-bond donors (Lipinski definition) is 0. The molecule has 0 saturated heterocycles. The SMILES string of the molecule is CCOC(=O)c1coc(N(C)[C@H](C)COC)n1. The molecule has 96 valence electrons. The van der Waals surface area contributed by atoms with Gasteiger partial charge in [-0.05, 0) is 13.8 Å². The Hall–Kier alpha value is -1.56. The van der Waals surface area contributed by atoms with Gasteiger partial charge in [0.25, 0.3) is 6.01 Å². The second-order valence-electron chi connectivity index (χ2n) is 3.65. The predicted molar refractivity (Wildman–Crippen MR) is 62.2 cm³/mol. The number of nitrogens with zero attached hydrogens (tertiary/aromatic N) is 2. The molecule has 0 aliphatic heterocycles. The van der Waals surface area contributed by atoms with Crippen molar-refractivity contribution < 1.29 is 18.7 Å². The normalized spacial score (nSPS) is 12.2. The van der Waals surface area contributed by atoms with E-state index < -0.39 is 5.97 Å². The van der Waals surface area contributed by atoms with Crippen molar-refractivity contribution in [2.45, 2.75) is 19.9 Å². The molecular formula is C11H18N2O4. The smallest absolute Gasteiger partial charge is 0.360 e. The molecule has 0 radical (unpaired) electrons. The van der Waals surface area contributed by atoms with Gasteiger partial charge in [0.15, 0.2) is 5.69 Å². The van der Waals surface area contributed by atoms with Crippen LogP contribution in [-0.4, -0.2) is 44.4 Å². The Morgan fingerprint density at radius 2 is 2.35 bits per heavy atom. The summed E-state index contributed by atoms with van der Waals surface area (Å²) < 4.78 is 15.1. The molecular weight excluding hydrogens is 224 g/mol. The molecule has 0 saturated carbocycles. The number of oxazole rings is 1. The summed E-state index contributed by atoms with van der Waals surface area (Å²) in [7, 11) is 3.45. The van der Waals surface area contributed by atoms with Crippen LogP contribution >= 0.6 is 0 Å². The first-order valence-electron chi connectivity index (χ1n) is 5.44. The number of hydrogen-bond acceptors (Lipinski definition) is 6. The highest BCUT2D eigenvalue weighted by Gasteiger charge is 2.18. The highest BCUT2D eigenvalue weighted by molar-refractivity contribution is 5.87. The minimum Gasteiger partial charge on any atom is -0.461 e. The Morgan fingerprint density at radius 1 is 1.65 bits per heavy atom. The number of methoxy groups -OCH3 is 1. The van der Waals surface area contributed by atoms with Gasteiger partial charge in [-0.2, -0.15) is 4.98 Å². The highest BCUT2D eigenvalue weighted by atomic mass is 16.5. The Kier molecular flexibility index (Phi) is 4.96. The van der Waals surface area contributed by atoms with E-state index >= 15 is 0 Å². The summed E-state index contributed by atoms with van der Waals surface area (Å²) in [5, 5.41) is 0. The summed E-state index contributed by atoms with van der Waals surface area (Å²) in [5.74, 6) is -0.477. The number of ether oxygens (including phenoxy) is 2. The molecule has 0 aliphatic rings. The van der Waals surface area contributed by atoms with Gasteiger partial charge in [0.1, 0.15) is 6.26 Å². The first kappa shape index (κ1) is 13.5. The largest absolute Gasteiger partial charge is 0.461 e. The van der Waals surface area contributed by atoms with Crippen molar-refractivity contribution in [3.05, 3.63) is 12.0 Å². The highest BCUT2D eigenvalue weighted by Crippen LogP contribution is 2.15. The van der Waals surface area contributed by atoms with Gasteiger partial charge in [0.05, 0.1) is 19.3 Å². The van der Waals surface area contributed by atoms with Crippen LogP contribution in [0, 0.1) is 0 Å². The van der Waals surface area contributed by atoms with Crippen LogP contribution in [0.4, 0.5) is 6.01 Å². The Balaban J connectivity index is 2.70. The molecule has 6 heteroatoms. The van der Waals surface area contributed by atoms with Gasteiger partial charge in [-0.3, -0.25) is 0 Å². The average molecular weight is 242 g/mol. The molecule has 1 aromatic heterocycles. The molecule has 17 heavy (non-hydrogen) atoms. The van der Waals surface area contributed by atoms with Crippen molar-refractivity contribution >= 4 is 12.0 Å². The third kappa shape index (κ3) is 3.45. The topological polar surface area (TPSA) is 64.8 Å². The van der Waals surface area contributed by atoms with Gasteiger partial charge >= 0.3 is 5.97 Å². The van der Waals surface area contributed by atoms with Gasteiger partial charge in [0.2, 0.25) is 0 Å². The van der Waals surface area contributed by atoms with E-state index in [4.69, 9.17) is 13.9 Å². The van der Waals surface area contributed by atoms with Crippen LogP contribution in [0.3, 0.4) is 0 Å². The zero-order valence-electron chi connectivity index (χ0n) is 10.6. The van der Waals surface area contributed by atoms with Gasteiger partial charge in [-0.1, -0.05) is 0 Å². The van der Waals surface area contributed by atoms with E-state index in [-0.39, 0.29) is 11.7 Å². The summed E-state index contributed by atoms with van der Waals surface area (Å²) in [6.45, 7) is 4.58. The van der Waals surface area contributed by atoms with Crippen LogP contribution in [0.1, 0.15) is 24.3 Å². The molecule has 1 aromatic rings. The van der Waals surface area contributed by atoms with Crippen molar-refractivity contribution in [1.29, 1.82) is 0 Å². The maximum absolute atomic E-state index is 11.4. The fraction of sp³-hybridized carbons (Fsp3) is 0.636. The lowest BCUT2D eigenvalue weighted by Crippen LogP contribution is -2.32. The second kappa shape index (κ2) is 6.24. The molecule has 0 aromatic carbocycles. The lowest BCUT2D eigenvalue weighted by Gasteiger charge is -2.21. The minimum atomic E-state index is -0.477. The zero-order valence-corrected chi connectivity index (χ0v) is 10.6. The number of carbonyl (C=O) groups is 1. The van der Waals surface area contributed by atoms with Crippen LogP contribution in [0.2, 0.25) is 0 Å². The maximum Gasteiger partial charge on any atom is 0.360 e. The van der Waals surface area contributed by atoms with Crippen LogP contribution in [-0.2, 0) is 9.47 Å². The summed E-state index contributed by atoms with van der Waals surface area (Å²) in [5.41, 5.74) is 0.179. The average Bonchev–Trinajstić information content (AvgIpc) is 2.78. The summed E-state index contributed by atoms with van der Waals surface area (Å²) in [4.78, 5) is 17.2. The van der Waals surface area contributed by atoms with E-state index in [1.54, 1.807) is 18.9 Å². The maximum atomic E-state index is 11.4. The van der Waals surface area contributed by atoms with E-state index in [9.17, 15) is 4.79 Å². The van der Waals surface area contributed by atoms with E-state index in [0.29, 0.717) is 19.2 Å². The van der Waals surface area contributed by atoms with Crippen molar-refractivity contribution in [3.8, 4) is 0 Å². The van der Waals surface area contributed by atoms with Gasteiger partial charge in [-0.15, -0.1) is 0 Å². The molecule has 1 heterocycles. The molecule has 0 N–H and O–H groups in total. The van der Waals surface area contributed by atoms with Crippen molar-refractivity contribution in [2.75, 3.05) is 32.3 Å². The minimum absolute atomic E-state index is 0.105. The van der Waals surface area contributed by atoms with Crippen LogP contribution in [0.15, 0.2) is 10.7 Å². The third-order valence-electron chi connectivity index (χ3n) is 2.35. The summed E-state index contributed by atoms with van der Waals surface area (Å²) in [6, 6.07) is 0.478. The Labute approximate surface area is 101 Å². The standard InChI is InChI=1S/C11H18N2O4/c1-5-16-10(14)9-7-17-11(12-9)13(3)8(2)6-15-4/h7-8H,5-6H2,1-4H3/t8-/m1/s1. The fourth-order valence-electron chi connectivity index (χ4n) is 1.27. The van der Waals surface area contributed by atoms with E-state index in [1.807, 2.05) is 14.0 Å². The molecule has 0 amide bonds. The van der Waals surface area contributed by atoms with Crippen molar-refractivity contribution in [2.24, 2.45) is 0 Å². The number of esters is 1. The molecule has 0 bridgehead atoms. The molecule has 0 fully saturated rings. The first-order chi connectivity index (χ1) is 8.10. The number of likely N-dealkylation sites (N-methyl/N-ethyl adjacent to an activating group) is 1. The lowest BCUT2D eigenvalue weighted by molar-refractivity contribution is 0.0519. The quantitative estimate of drug-likeness (QED) is 0.701. The van der Waals surface area contributed by atoms with Crippen molar-refractivity contribution in [3.63, 3.8) is 0 Å². The van der Waals surface area contributed by atoms with Crippen LogP contribution < -0.4 is 4.90 Å². The summed E-state index contributed by atoms with van der Waals surface area (Å²) >= 11 is 0. The van der Waals surface area contributed by atoms with Crippen LogP contribution in [0.5, 0.6) is 0 Å². The molecule has 0 spiro atoms. The Bertz CT molecular complexity index is 364. The number of aromatic nitrogens is 1. The molecule has 0 aliphatic carbocycles. The number of rotatable bonds is 6. The van der Waals surface area contributed by atoms with Crippen molar-refractivity contribution in [1.82, 2.24) is 4.98 Å². The second-order valence-corrected chi connectivity index (χ2v) is 3.65. The lowest BCUT2D eigenvalue weighted by atomic mass is 10.3. The number of carbonyl (C=O) groups excluding carboxylic acids is 1. The van der Waals surface area contributed by atoms with E-state index in [1.165, 1.54) is 6.26 Å². The van der Waals surface area contributed by atoms with Gasteiger partial charge in [-0.25, -0.2) is 4.79 Å². The van der Waals surface area contributed by atoms with Gasteiger partial charge < -0.3 is 18.8 Å². The van der Waals surface area contributed by atoms with E-state index in [2.05, 4.69) is 4.98 Å². The van der Waals surface area contributed by atoms with Gasteiger partial charge in [0, 0.05) is 14.2 Å².